The van der Waals surface area contributed by atoms with Crippen molar-refractivity contribution < 1.29 is 18.4 Å². The standard InChI is InChI=1S/C24H29FN2O3/c1-16-13-18(8-10-21(16)25)22-11-9-19(23(28)26-14-20-7-4-12-30-20)15-27(22)24(29)17-5-2-3-6-17/h4,7-8,10,12-13,17,19,22H,2-3,5-6,9,11,14-15H2,1H3,(H,26,28)/t19-,22+/m1/s1. The third-order valence-corrected chi connectivity index (χ3v) is 6.52. The molecular weight excluding hydrogens is 383 g/mol. The lowest BCUT2D eigenvalue weighted by Crippen LogP contribution is -2.48. The van der Waals surface area contributed by atoms with E-state index in [-0.39, 0.29) is 35.5 Å². The fourth-order valence-corrected chi connectivity index (χ4v) is 4.79. The van der Waals surface area contributed by atoms with E-state index in [2.05, 4.69) is 5.32 Å². The summed E-state index contributed by atoms with van der Waals surface area (Å²) >= 11 is 0. The van der Waals surface area contributed by atoms with E-state index in [0.717, 1.165) is 31.2 Å². The van der Waals surface area contributed by atoms with E-state index in [1.54, 1.807) is 25.3 Å². The van der Waals surface area contributed by atoms with Crippen LogP contribution in [0.15, 0.2) is 41.0 Å². The van der Waals surface area contributed by atoms with Crippen molar-refractivity contribution in [3.63, 3.8) is 0 Å². The molecule has 5 nitrogen and oxygen atoms in total. The number of carbonyl (C=O) groups is 2. The van der Waals surface area contributed by atoms with E-state index in [4.69, 9.17) is 4.42 Å². The van der Waals surface area contributed by atoms with Crippen LogP contribution in [0.25, 0.3) is 0 Å². The fourth-order valence-electron chi connectivity index (χ4n) is 4.79. The number of hydrogen-bond acceptors (Lipinski definition) is 3. The highest BCUT2D eigenvalue weighted by Gasteiger charge is 2.38. The van der Waals surface area contributed by atoms with Crippen LogP contribution in [0.2, 0.25) is 0 Å². The monoisotopic (exact) mass is 412 g/mol. The van der Waals surface area contributed by atoms with Gasteiger partial charge in [-0.25, -0.2) is 4.39 Å². The van der Waals surface area contributed by atoms with Crippen LogP contribution in [0.4, 0.5) is 4.39 Å². The molecule has 2 aromatic rings. The number of halogens is 1. The summed E-state index contributed by atoms with van der Waals surface area (Å²) in [4.78, 5) is 28.0. The van der Waals surface area contributed by atoms with Crippen molar-refractivity contribution in [1.82, 2.24) is 10.2 Å². The first-order valence-corrected chi connectivity index (χ1v) is 10.9. The molecule has 160 valence electrons. The zero-order valence-corrected chi connectivity index (χ0v) is 17.4. The van der Waals surface area contributed by atoms with Gasteiger partial charge in [0.15, 0.2) is 0 Å². The minimum absolute atomic E-state index is 0.0407. The van der Waals surface area contributed by atoms with E-state index < -0.39 is 0 Å². The number of likely N-dealkylation sites (tertiary alicyclic amines) is 1. The highest BCUT2D eigenvalue weighted by atomic mass is 19.1. The summed E-state index contributed by atoms with van der Waals surface area (Å²) in [7, 11) is 0. The molecule has 2 fully saturated rings. The number of hydrogen-bond donors (Lipinski definition) is 1. The maximum absolute atomic E-state index is 13.8. The van der Waals surface area contributed by atoms with Gasteiger partial charge in [-0.05, 0) is 61.9 Å². The third-order valence-electron chi connectivity index (χ3n) is 6.52. The molecule has 2 heterocycles. The Morgan fingerprint density at radius 2 is 1.93 bits per heavy atom. The molecule has 30 heavy (non-hydrogen) atoms. The highest BCUT2D eigenvalue weighted by Crippen LogP contribution is 2.37. The number of nitrogens with zero attached hydrogens (tertiary/aromatic N) is 1. The Labute approximate surface area is 176 Å². The van der Waals surface area contributed by atoms with Crippen LogP contribution in [-0.2, 0) is 16.1 Å². The molecule has 1 aliphatic carbocycles. The first kappa shape index (κ1) is 20.6. The topological polar surface area (TPSA) is 62.6 Å². The zero-order valence-electron chi connectivity index (χ0n) is 17.4. The number of piperidine rings is 1. The Bertz CT molecular complexity index is 890. The number of carbonyl (C=O) groups excluding carboxylic acids is 2. The van der Waals surface area contributed by atoms with Gasteiger partial charge in [-0.2, -0.15) is 0 Å². The Balaban J connectivity index is 1.50. The average molecular weight is 413 g/mol. The fraction of sp³-hybridized carbons (Fsp3) is 0.500. The Hall–Kier alpha value is -2.63. The Morgan fingerprint density at radius 3 is 2.63 bits per heavy atom. The molecule has 2 atom stereocenters. The van der Waals surface area contributed by atoms with Gasteiger partial charge in [0.25, 0.3) is 0 Å². The summed E-state index contributed by atoms with van der Waals surface area (Å²) in [5.41, 5.74) is 1.54. The number of rotatable bonds is 5. The molecule has 4 rings (SSSR count). The second-order valence-electron chi connectivity index (χ2n) is 8.57. The quantitative estimate of drug-likeness (QED) is 0.786. The van der Waals surface area contributed by atoms with Gasteiger partial charge in [-0.15, -0.1) is 0 Å². The van der Waals surface area contributed by atoms with Gasteiger partial charge in [-0.3, -0.25) is 9.59 Å². The lowest BCUT2D eigenvalue weighted by Gasteiger charge is -2.41. The normalized spacial score (nSPS) is 22.3. The third kappa shape index (κ3) is 4.42. The number of amides is 2. The second-order valence-corrected chi connectivity index (χ2v) is 8.57. The number of aryl methyl sites for hydroxylation is 1. The molecule has 2 aliphatic rings. The molecule has 1 saturated heterocycles. The number of nitrogens with one attached hydrogen (secondary N) is 1. The van der Waals surface area contributed by atoms with Crippen molar-refractivity contribution in [2.24, 2.45) is 11.8 Å². The minimum atomic E-state index is -0.247. The van der Waals surface area contributed by atoms with Gasteiger partial charge >= 0.3 is 0 Å². The number of furan rings is 1. The minimum Gasteiger partial charge on any atom is -0.467 e. The summed E-state index contributed by atoms with van der Waals surface area (Å²) in [5, 5.41) is 2.93. The first-order chi connectivity index (χ1) is 14.5. The zero-order chi connectivity index (χ0) is 21.1. The molecule has 0 bridgehead atoms. The van der Waals surface area contributed by atoms with Gasteiger partial charge < -0.3 is 14.6 Å². The molecule has 0 radical (unpaired) electrons. The molecule has 1 saturated carbocycles. The maximum atomic E-state index is 13.8. The predicted octanol–water partition coefficient (Wildman–Crippen LogP) is 4.51. The van der Waals surface area contributed by atoms with Gasteiger partial charge in [0.1, 0.15) is 11.6 Å². The molecule has 1 aliphatic heterocycles. The summed E-state index contributed by atoms with van der Waals surface area (Å²) in [6, 6.07) is 8.60. The Kier molecular flexibility index (Phi) is 6.21. The molecule has 0 unspecified atom stereocenters. The first-order valence-electron chi connectivity index (χ1n) is 10.9. The molecule has 2 amide bonds. The Morgan fingerprint density at radius 1 is 1.13 bits per heavy atom. The van der Waals surface area contributed by atoms with Crippen LogP contribution in [0.5, 0.6) is 0 Å². The molecule has 1 aromatic carbocycles. The average Bonchev–Trinajstić information content (AvgIpc) is 3.47. The lowest BCUT2D eigenvalue weighted by molar-refractivity contribution is -0.142. The van der Waals surface area contributed by atoms with Crippen LogP contribution in [0.1, 0.15) is 61.5 Å². The maximum Gasteiger partial charge on any atom is 0.226 e. The van der Waals surface area contributed by atoms with Crippen LogP contribution in [0.3, 0.4) is 0 Å². The summed E-state index contributed by atoms with van der Waals surface area (Å²) in [5.74, 6) is 0.352. The van der Waals surface area contributed by atoms with Crippen molar-refractivity contribution in [2.45, 2.75) is 58.0 Å². The largest absolute Gasteiger partial charge is 0.467 e. The molecular formula is C24H29FN2O3. The van der Waals surface area contributed by atoms with Gasteiger partial charge in [-0.1, -0.05) is 25.0 Å². The van der Waals surface area contributed by atoms with E-state index >= 15 is 0 Å². The van der Waals surface area contributed by atoms with E-state index in [0.29, 0.717) is 37.3 Å². The number of benzene rings is 1. The van der Waals surface area contributed by atoms with Crippen molar-refractivity contribution in [1.29, 1.82) is 0 Å². The smallest absolute Gasteiger partial charge is 0.226 e. The molecule has 0 spiro atoms. The van der Waals surface area contributed by atoms with Crippen molar-refractivity contribution >= 4 is 11.8 Å². The molecule has 1 aromatic heterocycles. The van der Waals surface area contributed by atoms with Gasteiger partial charge in [0, 0.05) is 12.5 Å². The van der Waals surface area contributed by atoms with Crippen molar-refractivity contribution in [3.05, 3.63) is 59.3 Å². The van der Waals surface area contributed by atoms with Crippen molar-refractivity contribution in [3.8, 4) is 0 Å². The summed E-state index contributed by atoms with van der Waals surface area (Å²) in [6.07, 6.45) is 6.97. The van der Waals surface area contributed by atoms with E-state index in [1.165, 1.54) is 6.07 Å². The van der Waals surface area contributed by atoms with E-state index in [1.807, 2.05) is 17.0 Å². The summed E-state index contributed by atoms with van der Waals surface area (Å²) in [6.45, 7) is 2.50. The van der Waals surface area contributed by atoms with Crippen LogP contribution in [0, 0.1) is 24.6 Å². The molecule has 6 heteroatoms. The molecule has 1 N–H and O–H groups in total. The van der Waals surface area contributed by atoms with Crippen molar-refractivity contribution in [2.75, 3.05) is 6.54 Å². The second kappa shape index (κ2) is 9.02. The predicted molar refractivity (Wildman–Crippen MR) is 111 cm³/mol. The lowest BCUT2D eigenvalue weighted by atomic mass is 9.86. The van der Waals surface area contributed by atoms with Gasteiger partial charge in [0.05, 0.1) is 24.8 Å². The SMILES string of the molecule is Cc1cc([C@@H]2CC[C@@H](C(=O)NCc3ccco3)CN2C(=O)C2CCCC2)ccc1F. The van der Waals surface area contributed by atoms with Gasteiger partial charge in [0.2, 0.25) is 11.8 Å². The van der Waals surface area contributed by atoms with Crippen LogP contribution >= 0.6 is 0 Å². The van der Waals surface area contributed by atoms with E-state index in [9.17, 15) is 14.0 Å². The van der Waals surface area contributed by atoms with Crippen LogP contribution in [-0.4, -0.2) is 23.3 Å². The summed E-state index contributed by atoms with van der Waals surface area (Å²) < 4.78 is 19.1. The van der Waals surface area contributed by atoms with Crippen LogP contribution < -0.4 is 5.32 Å². The highest BCUT2D eigenvalue weighted by molar-refractivity contribution is 5.83.